The highest BCUT2D eigenvalue weighted by atomic mass is 19.1. The Morgan fingerprint density at radius 2 is 1.67 bits per heavy atom. The second-order valence-corrected chi connectivity index (χ2v) is 7.24. The summed E-state index contributed by atoms with van der Waals surface area (Å²) in [6.07, 6.45) is 2.48. The summed E-state index contributed by atoms with van der Waals surface area (Å²) in [4.78, 5) is 27.6. The number of hydrogen-bond acceptors (Lipinski definition) is 3. The zero-order chi connectivity index (χ0) is 21.9. The first-order chi connectivity index (χ1) is 14.5. The number of nitrogens with zero attached hydrogens (tertiary/aromatic N) is 1. The number of unbranched alkanes of at least 4 members (excludes halogenated alkanes) is 1. The Morgan fingerprint density at radius 1 is 1.03 bits per heavy atom. The van der Waals surface area contributed by atoms with E-state index >= 15 is 0 Å². The lowest BCUT2D eigenvalue weighted by atomic mass is 10.1. The molecule has 0 radical (unpaired) electrons. The summed E-state index contributed by atoms with van der Waals surface area (Å²) >= 11 is 0. The Hall–Kier alpha value is -2.89. The van der Waals surface area contributed by atoms with Crippen molar-refractivity contribution >= 4 is 11.8 Å². The number of methoxy groups -OCH3 is 1. The van der Waals surface area contributed by atoms with E-state index in [0.717, 1.165) is 24.2 Å². The van der Waals surface area contributed by atoms with Gasteiger partial charge in [0, 0.05) is 13.1 Å². The van der Waals surface area contributed by atoms with E-state index in [1.54, 1.807) is 24.1 Å². The van der Waals surface area contributed by atoms with Gasteiger partial charge in [-0.15, -0.1) is 0 Å². The fourth-order valence-electron chi connectivity index (χ4n) is 3.23. The van der Waals surface area contributed by atoms with Gasteiger partial charge in [0.05, 0.1) is 13.5 Å². The molecule has 0 aliphatic heterocycles. The number of amides is 2. The summed E-state index contributed by atoms with van der Waals surface area (Å²) < 4.78 is 18.4. The second kappa shape index (κ2) is 12.0. The van der Waals surface area contributed by atoms with E-state index in [2.05, 4.69) is 12.2 Å². The summed E-state index contributed by atoms with van der Waals surface area (Å²) in [7, 11) is 1.60. The van der Waals surface area contributed by atoms with Crippen LogP contribution in [-0.4, -0.2) is 36.4 Å². The molecule has 0 aromatic heterocycles. The van der Waals surface area contributed by atoms with Gasteiger partial charge in [-0.05, 0) is 48.2 Å². The Kier molecular flexibility index (Phi) is 9.32. The van der Waals surface area contributed by atoms with Crippen LogP contribution >= 0.6 is 0 Å². The molecule has 0 fully saturated rings. The van der Waals surface area contributed by atoms with Crippen LogP contribution in [0.15, 0.2) is 48.5 Å². The van der Waals surface area contributed by atoms with Crippen molar-refractivity contribution in [2.24, 2.45) is 0 Å². The van der Waals surface area contributed by atoms with E-state index in [4.69, 9.17) is 4.74 Å². The van der Waals surface area contributed by atoms with Gasteiger partial charge in [-0.25, -0.2) is 4.39 Å². The number of hydrogen-bond donors (Lipinski definition) is 1. The molecular weight excluding hydrogens is 383 g/mol. The summed E-state index contributed by atoms with van der Waals surface area (Å²) in [5.41, 5.74) is 1.62. The summed E-state index contributed by atoms with van der Waals surface area (Å²) in [5.74, 6) is 0.0668. The normalized spacial score (nSPS) is 11.6. The van der Waals surface area contributed by atoms with Crippen LogP contribution in [0.5, 0.6) is 5.75 Å². The molecule has 162 valence electrons. The van der Waals surface area contributed by atoms with Gasteiger partial charge in [0.25, 0.3) is 0 Å². The molecule has 0 saturated carbocycles. The molecule has 2 amide bonds. The molecule has 0 saturated heterocycles. The van der Waals surface area contributed by atoms with Crippen LogP contribution in [0, 0.1) is 5.82 Å². The molecule has 0 aliphatic carbocycles. The zero-order valence-corrected chi connectivity index (χ0v) is 18.0. The first-order valence-electron chi connectivity index (χ1n) is 10.4. The Bertz CT molecular complexity index is 806. The van der Waals surface area contributed by atoms with E-state index in [-0.39, 0.29) is 24.1 Å². The number of carbonyl (C=O) groups excluding carboxylic acids is 2. The Balaban J connectivity index is 2.22. The lowest BCUT2D eigenvalue weighted by molar-refractivity contribution is -0.140. The Labute approximate surface area is 178 Å². The standard InChI is InChI=1S/C24H31FN2O3/c1-4-6-15-26-24(29)22(5-2)27(17-19-9-13-21(30-3)14-10-19)23(28)16-18-7-11-20(25)12-8-18/h7-14,22H,4-6,15-17H2,1-3H3,(H,26,29)/t22-/m0/s1. The minimum atomic E-state index is -0.572. The highest BCUT2D eigenvalue weighted by Crippen LogP contribution is 2.17. The van der Waals surface area contributed by atoms with E-state index in [9.17, 15) is 14.0 Å². The molecule has 1 N–H and O–H groups in total. The van der Waals surface area contributed by atoms with Gasteiger partial charge in [-0.2, -0.15) is 0 Å². The highest BCUT2D eigenvalue weighted by molar-refractivity contribution is 5.88. The molecule has 0 spiro atoms. The van der Waals surface area contributed by atoms with Crippen molar-refractivity contribution in [3.63, 3.8) is 0 Å². The molecule has 0 heterocycles. The zero-order valence-electron chi connectivity index (χ0n) is 18.0. The molecule has 2 rings (SSSR count). The number of benzene rings is 2. The van der Waals surface area contributed by atoms with E-state index in [1.807, 2.05) is 31.2 Å². The molecule has 0 unspecified atom stereocenters. The van der Waals surface area contributed by atoms with Crippen LogP contribution in [0.25, 0.3) is 0 Å². The quantitative estimate of drug-likeness (QED) is 0.563. The largest absolute Gasteiger partial charge is 0.497 e. The lowest BCUT2D eigenvalue weighted by Gasteiger charge is -2.31. The molecule has 2 aromatic carbocycles. The fourth-order valence-corrected chi connectivity index (χ4v) is 3.23. The molecule has 1 atom stereocenters. The van der Waals surface area contributed by atoms with Crippen molar-refractivity contribution in [1.29, 1.82) is 0 Å². The predicted octanol–water partition coefficient (Wildman–Crippen LogP) is 4.10. The van der Waals surface area contributed by atoms with Gasteiger partial charge >= 0.3 is 0 Å². The minimum Gasteiger partial charge on any atom is -0.497 e. The smallest absolute Gasteiger partial charge is 0.242 e. The maximum absolute atomic E-state index is 13.2. The molecule has 5 nitrogen and oxygen atoms in total. The maximum atomic E-state index is 13.2. The van der Waals surface area contributed by atoms with Crippen LogP contribution in [0.3, 0.4) is 0 Å². The van der Waals surface area contributed by atoms with Crippen molar-refractivity contribution in [1.82, 2.24) is 10.2 Å². The lowest BCUT2D eigenvalue weighted by Crippen LogP contribution is -2.49. The molecule has 0 bridgehead atoms. The van der Waals surface area contributed by atoms with Gasteiger partial charge in [0.2, 0.25) is 11.8 Å². The number of carbonyl (C=O) groups is 2. The highest BCUT2D eigenvalue weighted by Gasteiger charge is 2.28. The van der Waals surface area contributed by atoms with Gasteiger partial charge in [-0.1, -0.05) is 44.5 Å². The third-order valence-corrected chi connectivity index (χ3v) is 5.00. The van der Waals surface area contributed by atoms with Crippen LogP contribution < -0.4 is 10.1 Å². The average molecular weight is 415 g/mol. The molecule has 6 heteroatoms. The van der Waals surface area contributed by atoms with E-state index in [0.29, 0.717) is 25.1 Å². The summed E-state index contributed by atoms with van der Waals surface area (Å²) in [6.45, 7) is 4.86. The number of ether oxygens (including phenoxy) is 1. The van der Waals surface area contributed by atoms with Crippen molar-refractivity contribution in [2.45, 2.75) is 52.1 Å². The summed E-state index contributed by atoms with van der Waals surface area (Å²) in [5, 5.41) is 2.94. The molecular formula is C24H31FN2O3. The summed E-state index contributed by atoms with van der Waals surface area (Å²) in [6, 6.07) is 12.7. The number of nitrogens with one attached hydrogen (secondary N) is 1. The monoisotopic (exact) mass is 414 g/mol. The van der Waals surface area contributed by atoms with Crippen LogP contribution in [-0.2, 0) is 22.6 Å². The van der Waals surface area contributed by atoms with Gasteiger partial charge < -0.3 is 15.0 Å². The maximum Gasteiger partial charge on any atom is 0.242 e. The van der Waals surface area contributed by atoms with Crippen molar-refractivity contribution < 1.29 is 18.7 Å². The van der Waals surface area contributed by atoms with Crippen molar-refractivity contribution in [3.05, 3.63) is 65.5 Å². The van der Waals surface area contributed by atoms with Gasteiger partial charge in [0.15, 0.2) is 0 Å². The topological polar surface area (TPSA) is 58.6 Å². The fraction of sp³-hybridized carbons (Fsp3) is 0.417. The van der Waals surface area contributed by atoms with Crippen molar-refractivity contribution in [2.75, 3.05) is 13.7 Å². The van der Waals surface area contributed by atoms with E-state index in [1.165, 1.54) is 12.1 Å². The molecule has 0 aliphatic rings. The number of halogens is 1. The van der Waals surface area contributed by atoms with E-state index < -0.39 is 6.04 Å². The first kappa shape index (κ1) is 23.4. The van der Waals surface area contributed by atoms with Crippen LogP contribution in [0.1, 0.15) is 44.2 Å². The average Bonchev–Trinajstić information content (AvgIpc) is 2.75. The Morgan fingerprint density at radius 3 is 2.23 bits per heavy atom. The van der Waals surface area contributed by atoms with Crippen LogP contribution in [0.2, 0.25) is 0 Å². The second-order valence-electron chi connectivity index (χ2n) is 7.24. The van der Waals surface area contributed by atoms with Gasteiger partial charge in [0.1, 0.15) is 17.6 Å². The third-order valence-electron chi connectivity index (χ3n) is 5.00. The SMILES string of the molecule is CCCCNC(=O)[C@H](CC)N(Cc1ccc(OC)cc1)C(=O)Cc1ccc(F)cc1. The predicted molar refractivity (Wildman–Crippen MR) is 116 cm³/mol. The van der Waals surface area contributed by atoms with Crippen molar-refractivity contribution in [3.8, 4) is 5.75 Å². The minimum absolute atomic E-state index is 0.106. The molecule has 30 heavy (non-hydrogen) atoms. The number of rotatable bonds is 11. The molecule has 2 aromatic rings. The third kappa shape index (κ3) is 6.87. The van der Waals surface area contributed by atoms with Gasteiger partial charge in [-0.3, -0.25) is 9.59 Å². The first-order valence-corrected chi connectivity index (χ1v) is 10.4. The van der Waals surface area contributed by atoms with Crippen LogP contribution in [0.4, 0.5) is 4.39 Å².